The minimum Gasteiger partial charge on any atom is -0.495 e. The van der Waals surface area contributed by atoms with Crippen molar-refractivity contribution in [3.63, 3.8) is 0 Å². The van der Waals surface area contributed by atoms with Gasteiger partial charge in [0.2, 0.25) is 0 Å². The van der Waals surface area contributed by atoms with Gasteiger partial charge in [-0.1, -0.05) is 0 Å². The van der Waals surface area contributed by atoms with E-state index in [4.69, 9.17) is 9.47 Å². The summed E-state index contributed by atoms with van der Waals surface area (Å²) in [6, 6.07) is 1.90. The first kappa shape index (κ1) is 10.4. The molecule has 0 radical (unpaired) electrons. The molecule has 0 bridgehead atoms. The fourth-order valence-electron chi connectivity index (χ4n) is 1.73. The molecule has 0 amide bonds. The molecule has 2 heterocycles. The average Bonchev–Trinajstić information content (AvgIpc) is 2.29. The SMILES string of the molecule is COc1cncc(C2CC(O)CCO2)c1. The predicted molar refractivity (Wildman–Crippen MR) is 54.7 cm³/mol. The zero-order valence-electron chi connectivity index (χ0n) is 8.72. The molecule has 4 heteroatoms. The second-order valence-corrected chi connectivity index (χ2v) is 3.70. The van der Waals surface area contributed by atoms with E-state index in [1.165, 1.54) is 0 Å². The van der Waals surface area contributed by atoms with Gasteiger partial charge in [0.15, 0.2) is 0 Å². The first-order valence-corrected chi connectivity index (χ1v) is 5.08. The molecule has 2 atom stereocenters. The highest BCUT2D eigenvalue weighted by molar-refractivity contribution is 5.25. The second-order valence-electron chi connectivity index (χ2n) is 3.70. The predicted octanol–water partition coefficient (Wildman–Crippen LogP) is 1.30. The van der Waals surface area contributed by atoms with Crippen molar-refractivity contribution in [3.05, 3.63) is 24.0 Å². The van der Waals surface area contributed by atoms with E-state index >= 15 is 0 Å². The summed E-state index contributed by atoms with van der Waals surface area (Å²) in [5, 5.41) is 9.54. The van der Waals surface area contributed by atoms with Gasteiger partial charge in [0.1, 0.15) is 5.75 Å². The van der Waals surface area contributed by atoms with Crippen LogP contribution >= 0.6 is 0 Å². The number of aliphatic hydroxyl groups is 1. The lowest BCUT2D eigenvalue weighted by atomic mass is 10.0. The fourth-order valence-corrected chi connectivity index (χ4v) is 1.73. The third-order valence-corrected chi connectivity index (χ3v) is 2.60. The van der Waals surface area contributed by atoms with E-state index in [0.717, 1.165) is 11.3 Å². The number of aliphatic hydroxyl groups excluding tert-OH is 1. The average molecular weight is 209 g/mol. The summed E-state index contributed by atoms with van der Waals surface area (Å²) in [6.45, 7) is 0.600. The van der Waals surface area contributed by atoms with Gasteiger partial charge >= 0.3 is 0 Å². The minimum absolute atomic E-state index is 0.0589. The molecule has 1 aromatic heterocycles. The zero-order valence-corrected chi connectivity index (χ0v) is 8.72. The van der Waals surface area contributed by atoms with Crippen LogP contribution in [0.5, 0.6) is 5.75 Å². The van der Waals surface area contributed by atoms with E-state index in [9.17, 15) is 5.11 Å². The third-order valence-electron chi connectivity index (χ3n) is 2.60. The Balaban J connectivity index is 2.13. The van der Waals surface area contributed by atoms with E-state index in [1.54, 1.807) is 19.5 Å². The van der Waals surface area contributed by atoms with Crippen LogP contribution in [0.3, 0.4) is 0 Å². The normalized spacial score (nSPS) is 26.3. The Morgan fingerprint density at radius 3 is 3.13 bits per heavy atom. The van der Waals surface area contributed by atoms with Crippen molar-refractivity contribution in [2.45, 2.75) is 25.0 Å². The van der Waals surface area contributed by atoms with Gasteiger partial charge in [-0.25, -0.2) is 0 Å². The van der Waals surface area contributed by atoms with Crippen molar-refractivity contribution >= 4 is 0 Å². The largest absolute Gasteiger partial charge is 0.495 e. The van der Waals surface area contributed by atoms with Crippen LogP contribution in [0.4, 0.5) is 0 Å². The minimum atomic E-state index is -0.269. The van der Waals surface area contributed by atoms with Gasteiger partial charge in [-0.05, 0) is 12.5 Å². The van der Waals surface area contributed by atoms with Crippen LogP contribution < -0.4 is 4.74 Å². The molecule has 0 saturated carbocycles. The van der Waals surface area contributed by atoms with Crippen molar-refractivity contribution in [1.29, 1.82) is 0 Å². The Morgan fingerprint density at radius 2 is 2.40 bits per heavy atom. The third kappa shape index (κ3) is 2.46. The first-order chi connectivity index (χ1) is 7.29. The molecule has 2 unspecified atom stereocenters. The number of rotatable bonds is 2. The molecule has 1 aromatic rings. The standard InChI is InChI=1S/C11H15NO3/c1-14-10-4-8(6-12-7-10)11-5-9(13)2-3-15-11/h4,6-7,9,11,13H,2-3,5H2,1H3. The van der Waals surface area contributed by atoms with Crippen molar-refractivity contribution in [2.24, 2.45) is 0 Å². The van der Waals surface area contributed by atoms with Crippen LogP contribution in [0.1, 0.15) is 24.5 Å². The number of ether oxygens (including phenoxy) is 2. The lowest BCUT2D eigenvalue weighted by Crippen LogP contribution is -2.23. The molecule has 1 fully saturated rings. The molecule has 1 saturated heterocycles. The van der Waals surface area contributed by atoms with Crippen LogP contribution in [0.15, 0.2) is 18.5 Å². The molecule has 2 rings (SSSR count). The maximum Gasteiger partial charge on any atom is 0.137 e. The molecule has 0 aromatic carbocycles. The summed E-state index contributed by atoms with van der Waals surface area (Å²) in [5.41, 5.74) is 0.966. The highest BCUT2D eigenvalue weighted by Crippen LogP contribution is 2.29. The number of methoxy groups -OCH3 is 1. The molecule has 4 nitrogen and oxygen atoms in total. The Kier molecular flexibility index (Phi) is 3.18. The van der Waals surface area contributed by atoms with Crippen LogP contribution in [0, 0.1) is 0 Å². The maximum atomic E-state index is 9.54. The monoisotopic (exact) mass is 209 g/mol. The molecule has 1 aliphatic rings. The van der Waals surface area contributed by atoms with Crippen molar-refractivity contribution in [3.8, 4) is 5.75 Å². The fraction of sp³-hybridized carbons (Fsp3) is 0.545. The topological polar surface area (TPSA) is 51.6 Å². The second kappa shape index (κ2) is 4.59. The van der Waals surface area contributed by atoms with Gasteiger partial charge in [-0.15, -0.1) is 0 Å². The molecule has 1 aliphatic heterocycles. The summed E-state index contributed by atoms with van der Waals surface area (Å²) in [7, 11) is 1.61. The van der Waals surface area contributed by atoms with Crippen LogP contribution in [-0.2, 0) is 4.74 Å². The van der Waals surface area contributed by atoms with Gasteiger partial charge in [0, 0.05) is 24.8 Å². The Morgan fingerprint density at radius 1 is 1.53 bits per heavy atom. The molecule has 82 valence electrons. The Bertz CT molecular complexity index is 329. The Labute approximate surface area is 88.9 Å². The smallest absolute Gasteiger partial charge is 0.137 e. The van der Waals surface area contributed by atoms with Gasteiger partial charge in [-0.3, -0.25) is 4.98 Å². The molecular weight excluding hydrogens is 194 g/mol. The maximum absolute atomic E-state index is 9.54. The number of hydrogen-bond acceptors (Lipinski definition) is 4. The highest BCUT2D eigenvalue weighted by Gasteiger charge is 2.22. The van der Waals surface area contributed by atoms with E-state index in [1.807, 2.05) is 6.07 Å². The quantitative estimate of drug-likeness (QED) is 0.797. The Hall–Kier alpha value is -1.13. The molecule has 1 N–H and O–H groups in total. The van der Waals surface area contributed by atoms with Crippen LogP contribution in [0.2, 0.25) is 0 Å². The van der Waals surface area contributed by atoms with E-state index in [2.05, 4.69) is 4.98 Å². The van der Waals surface area contributed by atoms with Gasteiger partial charge in [0.25, 0.3) is 0 Å². The lowest BCUT2D eigenvalue weighted by Gasteiger charge is -2.26. The summed E-state index contributed by atoms with van der Waals surface area (Å²) in [5.74, 6) is 0.719. The number of hydrogen-bond donors (Lipinski definition) is 1. The zero-order chi connectivity index (χ0) is 10.7. The molecule has 0 spiro atoms. The number of nitrogens with zero attached hydrogens (tertiary/aromatic N) is 1. The van der Waals surface area contributed by atoms with Gasteiger partial charge in [0.05, 0.1) is 25.5 Å². The van der Waals surface area contributed by atoms with Crippen LogP contribution in [0.25, 0.3) is 0 Å². The molecular formula is C11H15NO3. The summed E-state index contributed by atoms with van der Waals surface area (Å²) in [4.78, 5) is 4.07. The number of aromatic nitrogens is 1. The molecule has 0 aliphatic carbocycles. The van der Waals surface area contributed by atoms with Crippen LogP contribution in [-0.4, -0.2) is 29.9 Å². The molecule has 15 heavy (non-hydrogen) atoms. The summed E-state index contributed by atoms with van der Waals surface area (Å²) < 4.78 is 10.7. The lowest BCUT2D eigenvalue weighted by molar-refractivity contribution is -0.0449. The summed E-state index contributed by atoms with van der Waals surface area (Å²) >= 11 is 0. The van der Waals surface area contributed by atoms with Crippen molar-refractivity contribution in [2.75, 3.05) is 13.7 Å². The van der Waals surface area contributed by atoms with Crippen molar-refractivity contribution < 1.29 is 14.6 Å². The van der Waals surface area contributed by atoms with E-state index in [0.29, 0.717) is 19.4 Å². The number of pyridine rings is 1. The van der Waals surface area contributed by atoms with Crippen molar-refractivity contribution in [1.82, 2.24) is 4.98 Å². The first-order valence-electron chi connectivity index (χ1n) is 5.08. The van der Waals surface area contributed by atoms with E-state index < -0.39 is 0 Å². The van der Waals surface area contributed by atoms with Gasteiger partial charge < -0.3 is 14.6 Å². The van der Waals surface area contributed by atoms with E-state index in [-0.39, 0.29) is 12.2 Å². The highest BCUT2D eigenvalue weighted by atomic mass is 16.5. The summed E-state index contributed by atoms with van der Waals surface area (Å²) in [6.07, 6.45) is 4.43. The van der Waals surface area contributed by atoms with Gasteiger partial charge in [-0.2, -0.15) is 0 Å².